The van der Waals surface area contributed by atoms with Gasteiger partial charge in [0.15, 0.2) is 0 Å². The van der Waals surface area contributed by atoms with Crippen LogP contribution in [-0.4, -0.2) is 40.3 Å². The summed E-state index contributed by atoms with van der Waals surface area (Å²) in [5.41, 5.74) is -1.27. The SMILES string of the molecule is CN(CC1(O)CCCC1)c1c(C(=O)O)cccc1[N+](=O)[O-]. The molecule has 1 aliphatic carbocycles. The summed E-state index contributed by atoms with van der Waals surface area (Å²) in [7, 11) is 1.57. The molecule has 7 heteroatoms. The van der Waals surface area contributed by atoms with Crippen LogP contribution in [0.4, 0.5) is 11.4 Å². The molecule has 1 aliphatic rings. The van der Waals surface area contributed by atoms with Gasteiger partial charge in [-0.3, -0.25) is 10.1 Å². The van der Waals surface area contributed by atoms with Crippen molar-refractivity contribution in [3.05, 3.63) is 33.9 Å². The Bertz CT molecular complexity index is 534. The third kappa shape index (κ3) is 3.13. The van der Waals surface area contributed by atoms with Crippen LogP contribution in [0.5, 0.6) is 0 Å². The maximum absolute atomic E-state index is 11.3. The first-order valence-corrected chi connectivity index (χ1v) is 6.78. The molecule has 0 heterocycles. The molecule has 0 bridgehead atoms. The number of carboxylic acids is 1. The molecule has 1 aromatic carbocycles. The van der Waals surface area contributed by atoms with Crippen molar-refractivity contribution in [3.8, 4) is 0 Å². The molecule has 1 aromatic rings. The Labute approximate surface area is 122 Å². The molecule has 2 rings (SSSR count). The van der Waals surface area contributed by atoms with Crippen LogP contribution in [-0.2, 0) is 0 Å². The van der Waals surface area contributed by atoms with Gasteiger partial charge in [0.05, 0.1) is 16.1 Å². The second kappa shape index (κ2) is 5.69. The van der Waals surface area contributed by atoms with E-state index in [1.54, 1.807) is 7.05 Å². The Morgan fingerprint density at radius 1 is 1.43 bits per heavy atom. The number of carboxylic acid groups (broad SMARTS) is 1. The fourth-order valence-electron chi connectivity index (χ4n) is 2.96. The van der Waals surface area contributed by atoms with Crippen LogP contribution in [0.25, 0.3) is 0 Å². The van der Waals surface area contributed by atoms with E-state index in [2.05, 4.69) is 0 Å². The predicted molar refractivity (Wildman–Crippen MR) is 76.7 cm³/mol. The van der Waals surface area contributed by atoms with Gasteiger partial charge in [0.1, 0.15) is 5.69 Å². The van der Waals surface area contributed by atoms with Crippen molar-refractivity contribution < 1.29 is 19.9 Å². The molecule has 0 aliphatic heterocycles. The second-order valence-electron chi connectivity index (χ2n) is 5.52. The molecule has 0 saturated heterocycles. The Kier molecular flexibility index (Phi) is 4.13. The van der Waals surface area contributed by atoms with Gasteiger partial charge in [0.25, 0.3) is 5.69 Å². The first-order valence-electron chi connectivity index (χ1n) is 6.78. The lowest BCUT2D eigenvalue weighted by molar-refractivity contribution is -0.384. The Morgan fingerprint density at radius 2 is 2.05 bits per heavy atom. The Balaban J connectivity index is 2.40. The number of nitro groups is 1. The first kappa shape index (κ1) is 15.2. The number of nitrogens with zero attached hydrogens (tertiary/aromatic N) is 2. The molecule has 114 valence electrons. The van der Waals surface area contributed by atoms with Crippen LogP contribution in [0.3, 0.4) is 0 Å². The average Bonchev–Trinajstić information content (AvgIpc) is 2.83. The largest absolute Gasteiger partial charge is 0.478 e. The van der Waals surface area contributed by atoms with Crippen molar-refractivity contribution in [1.29, 1.82) is 0 Å². The monoisotopic (exact) mass is 294 g/mol. The highest BCUT2D eigenvalue weighted by atomic mass is 16.6. The number of anilines is 1. The molecule has 21 heavy (non-hydrogen) atoms. The minimum atomic E-state index is -1.22. The third-order valence-corrected chi connectivity index (χ3v) is 3.89. The van der Waals surface area contributed by atoms with Crippen LogP contribution < -0.4 is 4.90 Å². The summed E-state index contributed by atoms with van der Waals surface area (Å²) in [5, 5.41) is 30.8. The summed E-state index contributed by atoms with van der Waals surface area (Å²) in [4.78, 5) is 23.3. The molecule has 2 N–H and O–H groups in total. The van der Waals surface area contributed by atoms with Crippen molar-refractivity contribution in [3.63, 3.8) is 0 Å². The minimum absolute atomic E-state index is 0.0373. The Morgan fingerprint density at radius 3 is 2.57 bits per heavy atom. The fourth-order valence-corrected chi connectivity index (χ4v) is 2.96. The number of hydrogen-bond donors (Lipinski definition) is 2. The molecule has 0 unspecified atom stereocenters. The summed E-state index contributed by atoms with van der Waals surface area (Å²) < 4.78 is 0. The lowest BCUT2D eigenvalue weighted by Gasteiger charge is -2.30. The van der Waals surface area contributed by atoms with E-state index in [1.165, 1.54) is 23.1 Å². The van der Waals surface area contributed by atoms with Crippen molar-refractivity contribution in [2.24, 2.45) is 0 Å². The topological polar surface area (TPSA) is 104 Å². The quantitative estimate of drug-likeness (QED) is 0.636. The van der Waals surface area contributed by atoms with E-state index >= 15 is 0 Å². The fraction of sp³-hybridized carbons (Fsp3) is 0.500. The van der Waals surface area contributed by atoms with E-state index in [9.17, 15) is 25.1 Å². The van der Waals surface area contributed by atoms with Crippen molar-refractivity contribution >= 4 is 17.3 Å². The zero-order valence-corrected chi connectivity index (χ0v) is 11.8. The molecule has 0 spiro atoms. The van der Waals surface area contributed by atoms with Crippen LogP contribution in [0, 0.1) is 10.1 Å². The van der Waals surface area contributed by atoms with E-state index in [4.69, 9.17) is 0 Å². The second-order valence-corrected chi connectivity index (χ2v) is 5.52. The van der Waals surface area contributed by atoms with Crippen LogP contribution in [0.15, 0.2) is 18.2 Å². The zero-order chi connectivity index (χ0) is 15.6. The maximum Gasteiger partial charge on any atom is 0.338 e. The summed E-state index contributed by atoms with van der Waals surface area (Å²) >= 11 is 0. The van der Waals surface area contributed by atoms with Gasteiger partial charge in [-0.2, -0.15) is 0 Å². The normalized spacial score (nSPS) is 16.7. The number of likely N-dealkylation sites (N-methyl/N-ethyl adjacent to an activating group) is 1. The Hall–Kier alpha value is -2.15. The lowest BCUT2D eigenvalue weighted by Crippen LogP contribution is -2.40. The van der Waals surface area contributed by atoms with Crippen molar-refractivity contribution in [2.75, 3.05) is 18.5 Å². The summed E-state index contributed by atoms with van der Waals surface area (Å²) in [6.45, 7) is 0.179. The maximum atomic E-state index is 11.3. The van der Waals surface area contributed by atoms with E-state index in [0.29, 0.717) is 12.8 Å². The van der Waals surface area contributed by atoms with Gasteiger partial charge in [0, 0.05) is 19.7 Å². The van der Waals surface area contributed by atoms with Crippen LogP contribution >= 0.6 is 0 Å². The highest BCUT2D eigenvalue weighted by Crippen LogP contribution is 2.35. The number of benzene rings is 1. The molecule has 0 amide bonds. The smallest absolute Gasteiger partial charge is 0.338 e. The van der Waals surface area contributed by atoms with Crippen molar-refractivity contribution in [1.82, 2.24) is 0 Å². The first-order chi connectivity index (χ1) is 9.84. The highest BCUT2D eigenvalue weighted by Gasteiger charge is 2.35. The molecule has 1 saturated carbocycles. The van der Waals surface area contributed by atoms with Gasteiger partial charge in [0.2, 0.25) is 0 Å². The van der Waals surface area contributed by atoms with Gasteiger partial charge in [-0.1, -0.05) is 18.9 Å². The number of carbonyl (C=O) groups is 1. The summed E-state index contributed by atoms with van der Waals surface area (Å²) in [6.07, 6.45) is 3.07. The van der Waals surface area contributed by atoms with E-state index in [1.807, 2.05) is 0 Å². The molecule has 7 nitrogen and oxygen atoms in total. The predicted octanol–water partition coefficient (Wildman–Crippen LogP) is 2.03. The number of rotatable bonds is 5. The van der Waals surface area contributed by atoms with Gasteiger partial charge < -0.3 is 15.1 Å². The van der Waals surface area contributed by atoms with Gasteiger partial charge >= 0.3 is 5.97 Å². The number of para-hydroxylation sites is 1. The van der Waals surface area contributed by atoms with E-state index < -0.39 is 16.5 Å². The molecule has 0 aromatic heterocycles. The molecule has 0 radical (unpaired) electrons. The van der Waals surface area contributed by atoms with Crippen LogP contribution in [0.1, 0.15) is 36.0 Å². The summed E-state index contributed by atoms with van der Waals surface area (Å²) in [6, 6.07) is 3.96. The highest BCUT2D eigenvalue weighted by molar-refractivity contribution is 5.97. The zero-order valence-electron chi connectivity index (χ0n) is 11.8. The van der Waals surface area contributed by atoms with Gasteiger partial charge in [-0.15, -0.1) is 0 Å². The molecular formula is C14H18N2O5. The summed E-state index contributed by atoms with van der Waals surface area (Å²) in [5.74, 6) is -1.22. The lowest BCUT2D eigenvalue weighted by atomic mass is 10.0. The number of aliphatic hydroxyl groups is 1. The van der Waals surface area contributed by atoms with Crippen molar-refractivity contribution in [2.45, 2.75) is 31.3 Å². The van der Waals surface area contributed by atoms with E-state index in [0.717, 1.165) is 12.8 Å². The number of hydrogen-bond acceptors (Lipinski definition) is 5. The standard InChI is InChI=1S/C14H18N2O5/c1-15(9-14(19)7-2-3-8-14)12-10(13(17)18)5-4-6-11(12)16(20)21/h4-6,19H,2-3,7-9H2,1H3,(H,17,18). The van der Waals surface area contributed by atoms with Gasteiger partial charge in [-0.25, -0.2) is 4.79 Å². The average molecular weight is 294 g/mol. The van der Waals surface area contributed by atoms with E-state index in [-0.39, 0.29) is 23.5 Å². The molecular weight excluding hydrogens is 276 g/mol. The number of aromatic carboxylic acids is 1. The van der Waals surface area contributed by atoms with Gasteiger partial charge in [-0.05, 0) is 18.9 Å². The molecule has 0 atom stereocenters. The number of nitro benzene ring substituents is 1. The van der Waals surface area contributed by atoms with Crippen LogP contribution in [0.2, 0.25) is 0 Å². The third-order valence-electron chi connectivity index (χ3n) is 3.89. The molecule has 1 fully saturated rings. The minimum Gasteiger partial charge on any atom is -0.478 e.